The lowest BCUT2D eigenvalue weighted by Crippen LogP contribution is -2.26. The van der Waals surface area contributed by atoms with Gasteiger partial charge in [-0.05, 0) is 12.5 Å². The van der Waals surface area contributed by atoms with Crippen LogP contribution in [0.4, 0.5) is 0 Å². The second-order valence-electron chi connectivity index (χ2n) is 3.84. The van der Waals surface area contributed by atoms with Gasteiger partial charge in [-0.1, -0.05) is 0 Å². The van der Waals surface area contributed by atoms with Crippen molar-refractivity contribution < 1.29 is 19.5 Å². The molecule has 1 heterocycles. The average molecular weight is 253 g/mol. The van der Waals surface area contributed by atoms with Crippen LogP contribution in [-0.4, -0.2) is 34.0 Å². The Morgan fingerprint density at radius 1 is 1.44 bits per heavy atom. The quantitative estimate of drug-likeness (QED) is 0.605. The maximum atomic E-state index is 11.7. The van der Waals surface area contributed by atoms with Gasteiger partial charge in [0, 0.05) is 26.2 Å². The monoisotopic (exact) mass is 253 g/mol. The van der Waals surface area contributed by atoms with Crippen LogP contribution in [0, 0.1) is 0 Å². The smallest absolute Gasteiger partial charge is 0.303 e. The van der Waals surface area contributed by atoms with Gasteiger partial charge < -0.3 is 20.7 Å². The van der Waals surface area contributed by atoms with Gasteiger partial charge in [0.25, 0.3) is 5.91 Å². The van der Waals surface area contributed by atoms with Crippen LogP contribution < -0.4 is 11.1 Å². The Balaban J connectivity index is 2.56. The second kappa shape index (κ2) is 5.85. The number of hydrogen-bond acceptors (Lipinski definition) is 3. The third-order valence-corrected chi connectivity index (χ3v) is 2.38. The van der Waals surface area contributed by atoms with E-state index in [-0.39, 0.29) is 24.4 Å². The summed E-state index contributed by atoms with van der Waals surface area (Å²) in [4.78, 5) is 32.9. The van der Waals surface area contributed by atoms with Gasteiger partial charge in [0.2, 0.25) is 5.91 Å². The van der Waals surface area contributed by atoms with E-state index < -0.39 is 11.9 Å². The summed E-state index contributed by atoms with van der Waals surface area (Å²) in [5.74, 6) is -1.87. The summed E-state index contributed by atoms with van der Waals surface area (Å²) in [6, 6.07) is 1.40. The van der Waals surface area contributed by atoms with Crippen LogP contribution in [0.3, 0.4) is 0 Å². The molecule has 7 nitrogen and oxygen atoms in total. The number of carboxylic acid groups (broad SMARTS) is 1. The van der Waals surface area contributed by atoms with Crippen molar-refractivity contribution in [2.24, 2.45) is 12.8 Å². The van der Waals surface area contributed by atoms with Gasteiger partial charge in [-0.25, -0.2) is 0 Å². The van der Waals surface area contributed by atoms with E-state index in [4.69, 9.17) is 10.8 Å². The first kappa shape index (κ1) is 13.8. The molecule has 0 spiro atoms. The van der Waals surface area contributed by atoms with Crippen LogP contribution in [0.1, 0.15) is 33.7 Å². The minimum Gasteiger partial charge on any atom is -0.481 e. The minimum atomic E-state index is -0.904. The normalized spacial score (nSPS) is 10.1. The van der Waals surface area contributed by atoms with E-state index in [1.807, 2.05) is 0 Å². The molecule has 0 saturated carbocycles. The number of carbonyl (C=O) groups is 3. The first-order valence-corrected chi connectivity index (χ1v) is 5.38. The number of rotatable bonds is 6. The molecule has 2 amide bonds. The van der Waals surface area contributed by atoms with Crippen LogP contribution in [-0.2, 0) is 11.8 Å². The molecule has 4 N–H and O–H groups in total. The van der Waals surface area contributed by atoms with Gasteiger partial charge in [-0.2, -0.15) is 0 Å². The Labute approximate surface area is 104 Å². The molecule has 0 saturated heterocycles. The van der Waals surface area contributed by atoms with E-state index in [0.717, 1.165) is 0 Å². The molecule has 18 heavy (non-hydrogen) atoms. The summed E-state index contributed by atoms with van der Waals surface area (Å²) < 4.78 is 1.49. The fraction of sp³-hybridized carbons (Fsp3) is 0.364. The summed E-state index contributed by atoms with van der Waals surface area (Å²) in [7, 11) is 1.62. The van der Waals surface area contributed by atoms with Gasteiger partial charge in [0.05, 0.1) is 5.56 Å². The van der Waals surface area contributed by atoms with E-state index >= 15 is 0 Å². The number of aromatic nitrogens is 1. The van der Waals surface area contributed by atoms with Crippen molar-refractivity contribution in [3.05, 3.63) is 23.5 Å². The standard InChI is InChI=1S/C11H15N3O4/c1-14-6-7(10(12)17)5-8(14)11(18)13-4-2-3-9(15)16/h5-6H,2-4H2,1H3,(H2,12,17)(H,13,18)(H,15,16). The van der Waals surface area contributed by atoms with Gasteiger partial charge >= 0.3 is 5.97 Å². The van der Waals surface area contributed by atoms with E-state index in [1.165, 1.54) is 16.8 Å². The molecule has 0 aliphatic heterocycles. The summed E-state index contributed by atoms with van der Waals surface area (Å²) in [5.41, 5.74) is 5.66. The highest BCUT2D eigenvalue weighted by Gasteiger charge is 2.13. The van der Waals surface area contributed by atoms with Gasteiger partial charge in [-0.3, -0.25) is 14.4 Å². The number of amides is 2. The number of hydrogen-bond donors (Lipinski definition) is 3. The molecular formula is C11H15N3O4. The Morgan fingerprint density at radius 3 is 2.61 bits per heavy atom. The maximum Gasteiger partial charge on any atom is 0.303 e. The number of carboxylic acids is 1. The van der Waals surface area contributed by atoms with Gasteiger partial charge in [-0.15, -0.1) is 0 Å². The number of primary amides is 1. The molecular weight excluding hydrogens is 238 g/mol. The second-order valence-corrected chi connectivity index (χ2v) is 3.84. The van der Waals surface area contributed by atoms with Gasteiger partial charge in [0.1, 0.15) is 5.69 Å². The molecule has 0 radical (unpaired) electrons. The lowest BCUT2D eigenvalue weighted by molar-refractivity contribution is -0.137. The van der Waals surface area contributed by atoms with E-state index in [9.17, 15) is 14.4 Å². The van der Waals surface area contributed by atoms with Crippen molar-refractivity contribution in [1.82, 2.24) is 9.88 Å². The zero-order chi connectivity index (χ0) is 13.7. The molecule has 98 valence electrons. The fourth-order valence-corrected chi connectivity index (χ4v) is 1.46. The van der Waals surface area contributed by atoms with E-state index in [1.54, 1.807) is 7.05 Å². The number of nitrogens with two attached hydrogens (primary N) is 1. The topological polar surface area (TPSA) is 114 Å². The van der Waals surface area contributed by atoms with Crippen molar-refractivity contribution in [1.29, 1.82) is 0 Å². The van der Waals surface area contributed by atoms with Crippen molar-refractivity contribution >= 4 is 17.8 Å². The molecule has 1 aromatic heterocycles. The summed E-state index contributed by atoms with van der Waals surface area (Å²) in [6.07, 6.45) is 1.82. The number of aliphatic carboxylic acids is 1. The van der Waals surface area contributed by atoms with E-state index in [0.29, 0.717) is 12.1 Å². The van der Waals surface area contributed by atoms with Gasteiger partial charge in [0.15, 0.2) is 0 Å². The third-order valence-electron chi connectivity index (χ3n) is 2.38. The van der Waals surface area contributed by atoms with Crippen LogP contribution in [0.5, 0.6) is 0 Å². The van der Waals surface area contributed by atoms with Crippen molar-refractivity contribution in [2.75, 3.05) is 6.54 Å². The molecule has 0 unspecified atom stereocenters. The highest BCUT2D eigenvalue weighted by atomic mass is 16.4. The summed E-state index contributed by atoms with van der Waals surface area (Å²) >= 11 is 0. The molecule has 1 rings (SSSR count). The predicted octanol–water partition coefficient (Wildman–Crippen LogP) is -0.281. The first-order chi connectivity index (χ1) is 8.41. The van der Waals surface area contributed by atoms with Crippen LogP contribution in [0.15, 0.2) is 12.3 Å². The van der Waals surface area contributed by atoms with Crippen molar-refractivity contribution in [3.63, 3.8) is 0 Å². The molecule has 0 aliphatic carbocycles. The lowest BCUT2D eigenvalue weighted by atomic mass is 10.3. The SMILES string of the molecule is Cn1cc(C(N)=O)cc1C(=O)NCCCC(=O)O. The Morgan fingerprint density at radius 2 is 2.11 bits per heavy atom. The zero-order valence-corrected chi connectivity index (χ0v) is 9.97. The Kier molecular flexibility index (Phi) is 4.47. The largest absolute Gasteiger partial charge is 0.481 e. The van der Waals surface area contributed by atoms with Crippen molar-refractivity contribution in [2.45, 2.75) is 12.8 Å². The molecule has 0 aliphatic rings. The van der Waals surface area contributed by atoms with Crippen LogP contribution in [0.25, 0.3) is 0 Å². The number of nitrogens with one attached hydrogen (secondary N) is 1. The zero-order valence-electron chi connectivity index (χ0n) is 9.97. The lowest BCUT2D eigenvalue weighted by Gasteiger charge is -2.04. The summed E-state index contributed by atoms with van der Waals surface area (Å²) in [6.45, 7) is 0.266. The number of carbonyl (C=O) groups excluding carboxylic acids is 2. The maximum absolute atomic E-state index is 11.7. The molecule has 0 aromatic carbocycles. The fourth-order valence-electron chi connectivity index (χ4n) is 1.46. The third kappa shape index (κ3) is 3.62. The van der Waals surface area contributed by atoms with Crippen LogP contribution in [0.2, 0.25) is 0 Å². The van der Waals surface area contributed by atoms with E-state index in [2.05, 4.69) is 5.32 Å². The number of aryl methyl sites for hydroxylation is 1. The number of nitrogens with zero attached hydrogens (tertiary/aromatic N) is 1. The predicted molar refractivity (Wildman–Crippen MR) is 63.1 cm³/mol. The highest BCUT2D eigenvalue weighted by Crippen LogP contribution is 2.06. The minimum absolute atomic E-state index is 0.0000468. The Hall–Kier alpha value is -2.31. The molecule has 7 heteroatoms. The molecule has 0 fully saturated rings. The molecule has 1 aromatic rings. The Bertz CT molecular complexity index is 479. The van der Waals surface area contributed by atoms with Crippen molar-refractivity contribution in [3.8, 4) is 0 Å². The first-order valence-electron chi connectivity index (χ1n) is 5.38. The highest BCUT2D eigenvalue weighted by molar-refractivity contribution is 5.98. The molecule has 0 bridgehead atoms. The summed E-state index contributed by atoms with van der Waals surface area (Å²) in [5, 5.41) is 11.0. The molecule has 0 atom stereocenters. The average Bonchev–Trinajstić information content (AvgIpc) is 2.66. The van der Waals surface area contributed by atoms with Crippen LogP contribution >= 0.6 is 0 Å².